The van der Waals surface area contributed by atoms with Gasteiger partial charge in [-0.2, -0.15) is 0 Å². The van der Waals surface area contributed by atoms with Crippen LogP contribution in [0.4, 0.5) is 0 Å². The maximum Gasteiger partial charge on any atom is 0.330 e. The van der Waals surface area contributed by atoms with Crippen LogP contribution < -0.4 is 68.2 Å². The highest BCUT2D eigenvalue weighted by atomic mass is 35.5. The summed E-state index contributed by atoms with van der Waals surface area (Å²) in [6, 6.07) is 3.61. The van der Waals surface area contributed by atoms with Crippen LogP contribution in [0.15, 0.2) is 97.1 Å². The first-order valence-corrected chi connectivity index (χ1v) is 35.7. The van der Waals surface area contributed by atoms with Crippen molar-refractivity contribution >= 4 is 82.1 Å². The lowest BCUT2D eigenvalue weighted by molar-refractivity contribution is -0.330. The number of ether oxygens (including phenoxy) is 6. The van der Waals surface area contributed by atoms with E-state index in [1.54, 1.807) is 0 Å². The average molecular weight is 1590 g/mol. The zero-order chi connectivity index (χ0) is 79.8. The molecule has 0 aromatic heterocycles. The molecule has 0 spiro atoms. The minimum Gasteiger partial charge on any atom is -0.508 e. The van der Waals surface area contributed by atoms with Gasteiger partial charge in [0, 0.05) is 58.4 Å². The van der Waals surface area contributed by atoms with Gasteiger partial charge in [-0.3, -0.25) is 33.6 Å². The summed E-state index contributed by atoms with van der Waals surface area (Å²) in [6.45, 7) is 6.21. The Hall–Kier alpha value is -9.89. The SMILES string of the molecule is CN[C@@H](CC(C)C)C(=O)N[C@H]1C(=O)N[C@@H](CC(N)=O)C(=O)NC2C(=O)NC3C(=O)N[C@H](C(=O)N[C@@H](C(=O)O)c4cc(O)cc(O)c4-c4cc3ccc4O)[C@H](O)c3ccc(c(Cl)c3)Oc3cc2cc(c3OC2OC(CNCc3cc(Cl)ccc3O)C(O)C(O)C2OC2CC(C)(N)C(O)C(C)O2)Oc2ccc(cc2Cl)[C@H]1O. The molecule has 588 valence electrons. The van der Waals surface area contributed by atoms with E-state index < -0.39 is 231 Å². The van der Waals surface area contributed by atoms with Crippen LogP contribution in [0.3, 0.4) is 0 Å². The van der Waals surface area contributed by atoms with Crippen LogP contribution in [0, 0.1) is 5.92 Å². The Morgan fingerprint density at radius 1 is 0.682 bits per heavy atom. The van der Waals surface area contributed by atoms with E-state index in [0.717, 1.165) is 66.7 Å². The number of fused-ring (bicyclic) bond motifs is 15. The van der Waals surface area contributed by atoms with Crippen molar-refractivity contribution in [2.24, 2.45) is 17.4 Å². The summed E-state index contributed by atoms with van der Waals surface area (Å²) in [7, 11) is 1.47. The minimum atomic E-state index is -2.36. The van der Waals surface area contributed by atoms with Gasteiger partial charge in [0.05, 0.1) is 34.7 Å². The molecule has 0 aliphatic carbocycles. The summed E-state index contributed by atoms with van der Waals surface area (Å²) in [6.07, 6.45) is -18.4. The number of carbonyl (C=O) groups excluding carboxylic acids is 7. The summed E-state index contributed by atoms with van der Waals surface area (Å²) in [5.41, 5.74) is 8.40. The molecule has 7 aliphatic heterocycles. The molecule has 0 radical (unpaired) electrons. The van der Waals surface area contributed by atoms with Crippen molar-refractivity contribution in [1.82, 2.24) is 42.5 Å². The second-order valence-electron chi connectivity index (χ2n) is 27.9. The Kier molecular flexibility index (Phi) is 24.6. The van der Waals surface area contributed by atoms with E-state index in [2.05, 4.69) is 42.5 Å². The number of carboxylic acid groups (broad SMARTS) is 1. The highest BCUT2D eigenvalue weighted by molar-refractivity contribution is 6.32. The normalized spacial score (nSPS) is 28.0. The number of aliphatic carboxylic acids is 1. The van der Waals surface area contributed by atoms with Crippen molar-refractivity contribution in [2.75, 3.05) is 13.6 Å². The standard InChI is InChI=1S/C73H81Cl3N10O24/c1-27(2)14-40(79-5)65(97)85-56-58(92)30-7-12-45(38(75)17-30)106-47-19-32-20-48(62(47)110-72-63(109-51-24-73(4,78)64(96)28(3)105-51)61(95)60(94)49(108-72)26-80-25-33-15-34(74)9-11-42(33)88)107-46-13-8-31(18-39(46)76)59(93)57-70(102)84-55(71(103)104)37-21-35(87)22-44(90)52(37)36-16-29(6-10-43(36)89)53(67(99)86-57)83-68(100)54(32)82-66(98)41(23-50(77)91)81-69(56)101/h6-13,15-22,27-28,40-41,49,51,53-61,63-64,72,79-80,87-90,92-96H,14,23-26,78H2,1-5H3,(H2,77,91)(H,81,101)(H,82,98)(H,83,100)(H,84,102)(H,85,97)(H,86,99)(H,103,104)/t28?,40-,41-,49?,51?,53?,54?,55+,56+,57-,58+,59+,60?,61?,63?,64?,72?,73?/m0/s1. The number of likely N-dealkylation sites (N-methyl/N-ethyl adjacent to an activating group) is 1. The number of hydrogen-bond acceptors (Lipinski definition) is 26. The molecular formula is C73H81Cl3N10O24. The van der Waals surface area contributed by atoms with Crippen molar-refractivity contribution < 1.29 is 118 Å². The lowest BCUT2D eigenvalue weighted by Gasteiger charge is -2.47. The van der Waals surface area contributed by atoms with Crippen LogP contribution in [-0.2, 0) is 59.1 Å². The van der Waals surface area contributed by atoms with Gasteiger partial charge in [-0.15, -0.1) is 0 Å². The molecule has 110 heavy (non-hydrogen) atoms. The van der Waals surface area contributed by atoms with E-state index in [-0.39, 0.29) is 70.1 Å². The zero-order valence-corrected chi connectivity index (χ0v) is 61.4. The molecule has 0 saturated carbocycles. The summed E-state index contributed by atoms with van der Waals surface area (Å²) < 4.78 is 39.5. The third-order valence-corrected chi connectivity index (χ3v) is 20.1. The Balaban J connectivity index is 1.16. The fourth-order valence-electron chi connectivity index (χ4n) is 13.6. The van der Waals surface area contributed by atoms with Gasteiger partial charge in [-0.25, -0.2) is 4.79 Å². The smallest absolute Gasteiger partial charge is 0.330 e. The van der Waals surface area contributed by atoms with Crippen molar-refractivity contribution in [3.63, 3.8) is 0 Å². The molecule has 11 unspecified atom stereocenters. The van der Waals surface area contributed by atoms with Gasteiger partial charge in [0.1, 0.15) is 95.2 Å². The largest absolute Gasteiger partial charge is 0.508 e. The zero-order valence-electron chi connectivity index (χ0n) is 59.1. The van der Waals surface area contributed by atoms with E-state index in [0.29, 0.717) is 5.56 Å². The highest BCUT2D eigenvalue weighted by Crippen LogP contribution is 2.50. The van der Waals surface area contributed by atoms with Crippen molar-refractivity contribution in [3.8, 4) is 62.9 Å². The van der Waals surface area contributed by atoms with Gasteiger partial charge in [-0.1, -0.05) is 66.8 Å². The quantitative estimate of drug-likeness (QED) is 0.0661. The maximum absolute atomic E-state index is 16.2. The third kappa shape index (κ3) is 17.6. The fraction of sp³-hybridized carbons (Fsp3) is 0.397. The first-order chi connectivity index (χ1) is 52.0. The fourth-order valence-corrected chi connectivity index (χ4v) is 14.2. The molecule has 2 fully saturated rings. The molecule has 2 saturated heterocycles. The molecule has 6 aromatic carbocycles. The van der Waals surface area contributed by atoms with Crippen LogP contribution in [0.5, 0.6) is 51.7 Å². The lowest BCUT2D eigenvalue weighted by Crippen LogP contribution is -2.65. The highest BCUT2D eigenvalue weighted by Gasteiger charge is 2.52. The van der Waals surface area contributed by atoms with Crippen LogP contribution in [0.1, 0.15) is 111 Å². The second kappa shape index (κ2) is 33.4. The lowest BCUT2D eigenvalue weighted by atomic mass is 9.86. The number of phenols is 4. The molecule has 7 aliphatic rings. The molecule has 7 heterocycles. The topological polar surface area (TPSA) is 543 Å². The van der Waals surface area contributed by atoms with Crippen LogP contribution in [-0.4, -0.2) is 191 Å². The number of phenolic OH excluding ortho intramolecular Hbond substituents is 4. The van der Waals surface area contributed by atoms with Gasteiger partial charge in [0.25, 0.3) is 0 Å². The molecule has 7 amide bonds. The van der Waals surface area contributed by atoms with Gasteiger partial charge >= 0.3 is 5.97 Å². The Bertz CT molecular complexity index is 4580. The van der Waals surface area contributed by atoms with Gasteiger partial charge in [-0.05, 0) is 128 Å². The monoisotopic (exact) mass is 1590 g/mol. The molecule has 22 N–H and O–H groups in total. The number of aromatic hydroxyl groups is 4. The molecule has 6 aromatic rings. The number of rotatable bonds is 16. The third-order valence-electron chi connectivity index (χ3n) is 19.3. The number of nitrogens with one attached hydrogen (secondary N) is 8. The molecule has 11 bridgehead atoms. The minimum absolute atomic E-state index is 0.104. The van der Waals surface area contributed by atoms with Gasteiger partial charge < -0.3 is 133 Å². The Morgan fingerprint density at radius 3 is 1.92 bits per heavy atom. The summed E-state index contributed by atoms with van der Waals surface area (Å²) >= 11 is 20.6. The first-order valence-electron chi connectivity index (χ1n) is 34.5. The van der Waals surface area contributed by atoms with E-state index in [9.17, 15) is 75.0 Å². The number of carbonyl (C=O) groups is 8. The van der Waals surface area contributed by atoms with E-state index in [1.165, 1.54) is 51.2 Å². The molecule has 18 atom stereocenters. The number of amides is 7. The number of carboxylic acids is 1. The van der Waals surface area contributed by atoms with Gasteiger partial charge in [0.2, 0.25) is 53.4 Å². The molecule has 34 nitrogen and oxygen atoms in total. The number of nitrogens with two attached hydrogens (primary N) is 2. The first kappa shape index (κ1) is 81.1. The predicted molar refractivity (Wildman–Crippen MR) is 387 cm³/mol. The molecular weight excluding hydrogens is 1510 g/mol. The number of hydrogen-bond donors (Lipinski definition) is 20. The Morgan fingerprint density at radius 2 is 1.30 bits per heavy atom. The maximum atomic E-state index is 16.2. The number of benzene rings is 6. The molecule has 13 rings (SSSR count). The van der Waals surface area contributed by atoms with Crippen molar-refractivity contribution in [2.45, 2.75) is 163 Å². The number of halogens is 3. The predicted octanol–water partition coefficient (Wildman–Crippen LogP) is 2.26. The van der Waals surface area contributed by atoms with Crippen LogP contribution in [0.25, 0.3) is 11.1 Å². The van der Waals surface area contributed by atoms with E-state index in [4.69, 9.17) is 74.7 Å². The van der Waals surface area contributed by atoms with Crippen molar-refractivity contribution in [3.05, 3.63) is 146 Å². The van der Waals surface area contributed by atoms with Crippen molar-refractivity contribution in [1.29, 1.82) is 0 Å². The summed E-state index contributed by atoms with van der Waals surface area (Å²) in [4.78, 5) is 118. The molecule has 37 heteroatoms. The number of aliphatic hydroxyl groups excluding tert-OH is 5. The summed E-state index contributed by atoms with van der Waals surface area (Å²) in [5, 5.41) is 136. The average Bonchev–Trinajstić information content (AvgIpc) is 0.742. The summed E-state index contributed by atoms with van der Waals surface area (Å²) in [5.74, 6) is -16.2. The van der Waals surface area contributed by atoms with E-state index >= 15 is 14.4 Å². The van der Waals surface area contributed by atoms with Crippen LogP contribution in [0.2, 0.25) is 15.1 Å². The van der Waals surface area contributed by atoms with Crippen LogP contribution >= 0.6 is 34.8 Å². The number of aliphatic hydroxyl groups is 5. The Labute approximate surface area is 641 Å². The van der Waals surface area contributed by atoms with Gasteiger partial charge in [0.15, 0.2) is 29.9 Å². The number of primary amides is 1. The van der Waals surface area contributed by atoms with E-state index in [1.807, 2.05) is 13.8 Å². The second-order valence-corrected chi connectivity index (χ2v) is 29.2.